The molecule has 0 atom stereocenters. The van der Waals surface area contributed by atoms with Gasteiger partial charge < -0.3 is 16.0 Å². The zero-order valence-electron chi connectivity index (χ0n) is 19.8. The molecule has 11 heteroatoms. The van der Waals surface area contributed by atoms with Gasteiger partial charge in [0.25, 0.3) is 11.8 Å². The van der Waals surface area contributed by atoms with Gasteiger partial charge in [-0.15, -0.1) is 0 Å². The Labute approximate surface area is 214 Å². The highest BCUT2D eigenvalue weighted by Crippen LogP contribution is 2.23. The van der Waals surface area contributed by atoms with E-state index in [4.69, 9.17) is 5.14 Å². The van der Waals surface area contributed by atoms with Gasteiger partial charge in [-0.1, -0.05) is 42.5 Å². The van der Waals surface area contributed by atoms with Crippen LogP contribution in [0.2, 0.25) is 0 Å². The molecule has 4 rings (SSSR count). The van der Waals surface area contributed by atoms with E-state index in [9.17, 15) is 18.0 Å². The van der Waals surface area contributed by atoms with Crippen LogP contribution in [0.5, 0.6) is 0 Å². The normalized spacial score (nSPS) is 11.0. The minimum atomic E-state index is -3.78. The van der Waals surface area contributed by atoms with E-state index in [2.05, 4.69) is 25.9 Å². The van der Waals surface area contributed by atoms with E-state index in [1.165, 1.54) is 25.4 Å². The molecule has 1 aromatic heterocycles. The van der Waals surface area contributed by atoms with Gasteiger partial charge in [0, 0.05) is 30.4 Å². The molecular formula is C26H24N6O4S. The number of aromatic nitrogens is 2. The van der Waals surface area contributed by atoms with Gasteiger partial charge >= 0.3 is 0 Å². The number of amides is 2. The number of anilines is 2. The van der Waals surface area contributed by atoms with Crippen molar-refractivity contribution in [3.8, 4) is 11.3 Å². The molecule has 37 heavy (non-hydrogen) atoms. The van der Waals surface area contributed by atoms with Crippen LogP contribution in [0.3, 0.4) is 0 Å². The standard InChI is InChI=1S/C26H24N6O4S/c1-28-26(34)23-24(31-20-8-3-2-4-9-20)29-16-22(32-23)18-6-5-7-19(14-18)25(33)30-15-17-10-12-21(13-11-17)37(27,35)36/h2-14,16H,15H2,1H3,(H,28,34)(H,29,31)(H,30,33)(H2,27,35,36). The van der Waals surface area contributed by atoms with Crippen LogP contribution in [0.1, 0.15) is 26.4 Å². The minimum absolute atomic E-state index is 0.00232. The van der Waals surface area contributed by atoms with Gasteiger partial charge in [-0.2, -0.15) is 0 Å². The predicted molar refractivity (Wildman–Crippen MR) is 140 cm³/mol. The van der Waals surface area contributed by atoms with Crippen LogP contribution in [0.4, 0.5) is 11.5 Å². The topological polar surface area (TPSA) is 156 Å². The second-order valence-corrected chi connectivity index (χ2v) is 9.54. The summed E-state index contributed by atoms with van der Waals surface area (Å²) in [5.74, 6) is -0.439. The van der Waals surface area contributed by atoms with Crippen molar-refractivity contribution in [2.24, 2.45) is 5.14 Å². The number of carbonyl (C=O) groups is 2. The lowest BCUT2D eigenvalue weighted by Gasteiger charge is -2.12. The minimum Gasteiger partial charge on any atom is -0.354 e. The summed E-state index contributed by atoms with van der Waals surface area (Å²) in [6.45, 7) is 0.189. The number of para-hydroxylation sites is 1. The predicted octanol–water partition coefficient (Wildman–Crippen LogP) is 2.82. The lowest BCUT2D eigenvalue weighted by atomic mass is 10.1. The van der Waals surface area contributed by atoms with Crippen LogP contribution in [0, 0.1) is 0 Å². The van der Waals surface area contributed by atoms with E-state index in [1.54, 1.807) is 36.4 Å². The lowest BCUT2D eigenvalue weighted by Crippen LogP contribution is -2.23. The number of rotatable bonds is 8. The summed E-state index contributed by atoms with van der Waals surface area (Å²) in [6.07, 6.45) is 1.53. The molecule has 3 aromatic carbocycles. The van der Waals surface area contributed by atoms with Crippen LogP contribution in [0.15, 0.2) is 90.0 Å². The molecule has 0 saturated heterocycles. The SMILES string of the molecule is CNC(=O)c1nc(-c2cccc(C(=O)NCc3ccc(S(N)(=O)=O)cc3)c2)cnc1Nc1ccccc1. The Hall–Kier alpha value is -4.61. The van der Waals surface area contributed by atoms with E-state index in [-0.39, 0.29) is 23.0 Å². The monoisotopic (exact) mass is 516 g/mol. The fourth-order valence-corrected chi connectivity index (χ4v) is 3.97. The Balaban J connectivity index is 1.53. The third-order valence-electron chi connectivity index (χ3n) is 5.38. The third-order valence-corrected chi connectivity index (χ3v) is 6.31. The number of carbonyl (C=O) groups excluding carboxylic acids is 2. The Morgan fingerprint density at radius 1 is 0.919 bits per heavy atom. The van der Waals surface area contributed by atoms with E-state index >= 15 is 0 Å². The number of benzene rings is 3. The van der Waals surface area contributed by atoms with Crippen LogP contribution in [0.25, 0.3) is 11.3 Å². The first-order valence-electron chi connectivity index (χ1n) is 11.2. The Kier molecular flexibility index (Phi) is 7.56. The maximum absolute atomic E-state index is 12.8. The van der Waals surface area contributed by atoms with Crippen molar-refractivity contribution in [3.05, 3.63) is 102 Å². The first-order chi connectivity index (χ1) is 17.7. The number of hydrogen-bond donors (Lipinski definition) is 4. The number of nitrogens with two attached hydrogens (primary N) is 1. The molecule has 4 aromatic rings. The number of primary sulfonamides is 1. The van der Waals surface area contributed by atoms with Crippen molar-refractivity contribution in [1.82, 2.24) is 20.6 Å². The zero-order chi connectivity index (χ0) is 26.4. The molecule has 10 nitrogen and oxygen atoms in total. The molecule has 0 spiro atoms. The zero-order valence-corrected chi connectivity index (χ0v) is 20.6. The molecule has 188 valence electrons. The van der Waals surface area contributed by atoms with Crippen LogP contribution < -0.4 is 21.1 Å². The summed E-state index contributed by atoms with van der Waals surface area (Å²) in [5.41, 5.74) is 2.99. The average molecular weight is 517 g/mol. The van der Waals surface area contributed by atoms with Crippen molar-refractivity contribution < 1.29 is 18.0 Å². The second-order valence-electron chi connectivity index (χ2n) is 7.98. The van der Waals surface area contributed by atoms with Crippen molar-refractivity contribution in [2.45, 2.75) is 11.4 Å². The molecule has 0 bridgehead atoms. The van der Waals surface area contributed by atoms with E-state index < -0.39 is 15.9 Å². The molecule has 5 N–H and O–H groups in total. The molecule has 2 amide bonds. The molecule has 0 saturated carbocycles. The summed E-state index contributed by atoms with van der Waals surface area (Å²) < 4.78 is 22.8. The smallest absolute Gasteiger partial charge is 0.273 e. The maximum atomic E-state index is 12.8. The van der Waals surface area contributed by atoms with Crippen molar-refractivity contribution in [3.63, 3.8) is 0 Å². The van der Waals surface area contributed by atoms with E-state index in [0.29, 0.717) is 28.2 Å². The number of nitrogens with one attached hydrogen (secondary N) is 3. The second kappa shape index (κ2) is 11.0. The summed E-state index contributed by atoms with van der Waals surface area (Å²) in [4.78, 5) is 34.2. The fourth-order valence-electron chi connectivity index (χ4n) is 3.46. The van der Waals surface area contributed by atoms with Crippen LogP contribution in [-0.2, 0) is 16.6 Å². The number of hydrogen-bond acceptors (Lipinski definition) is 7. The van der Waals surface area contributed by atoms with Gasteiger partial charge in [-0.25, -0.2) is 23.5 Å². The molecular weight excluding hydrogens is 492 g/mol. The first kappa shape index (κ1) is 25.5. The van der Waals surface area contributed by atoms with Crippen molar-refractivity contribution in [2.75, 3.05) is 12.4 Å². The van der Waals surface area contributed by atoms with Crippen molar-refractivity contribution in [1.29, 1.82) is 0 Å². The third kappa shape index (κ3) is 6.34. The van der Waals surface area contributed by atoms with E-state index in [1.807, 2.05) is 30.3 Å². The fraction of sp³-hybridized carbons (Fsp3) is 0.0769. The lowest BCUT2D eigenvalue weighted by molar-refractivity contribution is 0.0945. The Morgan fingerprint density at radius 3 is 2.32 bits per heavy atom. The molecule has 0 aliphatic heterocycles. The summed E-state index contributed by atoms with van der Waals surface area (Å²) >= 11 is 0. The Morgan fingerprint density at radius 2 is 1.65 bits per heavy atom. The van der Waals surface area contributed by atoms with Gasteiger partial charge in [0.05, 0.1) is 16.8 Å². The van der Waals surface area contributed by atoms with Crippen LogP contribution in [-0.4, -0.2) is 37.2 Å². The van der Waals surface area contributed by atoms with Gasteiger partial charge in [-0.05, 0) is 42.0 Å². The first-order valence-corrected chi connectivity index (χ1v) is 12.7. The molecule has 0 aliphatic rings. The van der Waals surface area contributed by atoms with Gasteiger partial charge in [0.15, 0.2) is 11.5 Å². The van der Waals surface area contributed by atoms with Crippen LogP contribution >= 0.6 is 0 Å². The molecule has 0 unspecified atom stereocenters. The highest BCUT2D eigenvalue weighted by atomic mass is 32.2. The quantitative estimate of drug-likeness (QED) is 0.280. The largest absolute Gasteiger partial charge is 0.354 e. The molecule has 0 radical (unpaired) electrons. The maximum Gasteiger partial charge on any atom is 0.273 e. The van der Waals surface area contributed by atoms with E-state index in [0.717, 1.165) is 5.69 Å². The molecule has 0 fully saturated rings. The average Bonchev–Trinajstić information content (AvgIpc) is 2.92. The van der Waals surface area contributed by atoms with Gasteiger partial charge in [0.2, 0.25) is 10.0 Å². The number of sulfonamides is 1. The summed E-state index contributed by atoms with van der Waals surface area (Å²) in [6, 6.07) is 22.0. The molecule has 1 heterocycles. The highest BCUT2D eigenvalue weighted by Gasteiger charge is 2.17. The molecule has 0 aliphatic carbocycles. The van der Waals surface area contributed by atoms with Gasteiger partial charge in [-0.3, -0.25) is 9.59 Å². The van der Waals surface area contributed by atoms with Crippen molar-refractivity contribution >= 4 is 33.3 Å². The Bertz CT molecular complexity index is 1540. The number of nitrogens with zero attached hydrogens (tertiary/aromatic N) is 2. The highest BCUT2D eigenvalue weighted by molar-refractivity contribution is 7.89. The van der Waals surface area contributed by atoms with Gasteiger partial charge in [0.1, 0.15) is 0 Å². The summed E-state index contributed by atoms with van der Waals surface area (Å²) in [5, 5.41) is 13.6. The summed E-state index contributed by atoms with van der Waals surface area (Å²) in [7, 11) is -2.27.